The molecule has 6 nitrogen and oxygen atoms in total. The second kappa shape index (κ2) is 6.36. The van der Waals surface area contributed by atoms with E-state index in [9.17, 15) is 9.90 Å². The molecule has 0 aromatic heterocycles. The zero-order chi connectivity index (χ0) is 15.5. The number of aromatic hydroxyl groups is 1. The van der Waals surface area contributed by atoms with Crippen molar-refractivity contribution in [2.24, 2.45) is 4.99 Å². The van der Waals surface area contributed by atoms with Crippen molar-refractivity contribution in [3.8, 4) is 11.5 Å². The van der Waals surface area contributed by atoms with Crippen LogP contribution in [-0.2, 0) is 9.53 Å². The Kier molecular flexibility index (Phi) is 4.74. The Morgan fingerprint density at radius 3 is 2.81 bits per heavy atom. The summed E-state index contributed by atoms with van der Waals surface area (Å²) in [5, 5.41) is 19.7. The normalized spacial score (nSPS) is 21.1. The second-order valence-electron chi connectivity index (χ2n) is 4.80. The van der Waals surface area contributed by atoms with Crippen LogP contribution in [0.5, 0.6) is 11.5 Å². The number of ether oxygens (including phenoxy) is 2. The first-order valence-corrected chi connectivity index (χ1v) is 7.36. The highest BCUT2D eigenvalue weighted by atomic mass is 32.2. The third kappa shape index (κ3) is 3.48. The molecular weight excluding hydrogens is 294 g/mol. The molecule has 0 spiro atoms. The van der Waals surface area contributed by atoms with Gasteiger partial charge in [0.1, 0.15) is 23.1 Å². The Morgan fingerprint density at radius 2 is 2.24 bits per heavy atom. The summed E-state index contributed by atoms with van der Waals surface area (Å²) < 4.78 is 10.3. The molecule has 1 aromatic carbocycles. The molecule has 2 rings (SSSR count). The number of aliphatic imine (C=N–C) groups is 1. The third-order valence-electron chi connectivity index (χ3n) is 3.05. The fourth-order valence-corrected chi connectivity index (χ4v) is 2.97. The summed E-state index contributed by atoms with van der Waals surface area (Å²) in [6, 6.07) is 4.88. The van der Waals surface area contributed by atoms with Crippen LogP contribution in [0, 0.1) is 0 Å². The van der Waals surface area contributed by atoms with E-state index in [0.29, 0.717) is 35.3 Å². The zero-order valence-corrected chi connectivity index (χ0v) is 12.6. The predicted octanol–water partition coefficient (Wildman–Crippen LogP) is 1.75. The zero-order valence-electron chi connectivity index (χ0n) is 11.8. The van der Waals surface area contributed by atoms with Gasteiger partial charge in [-0.25, -0.2) is 4.79 Å². The number of benzene rings is 1. The molecule has 0 radical (unpaired) electrons. The van der Waals surface area contributed by atoms with Crippen molar-refractivity contribution in [3.05, 3.63) is 23.8 Å². The number of rotatable bonds is 6. The van der Waals surface area contributed by atoms with Gasteiger partial charge in [-0.3, -0.25) is 4.99 Å². The molecule has 2 N–H and O–H groups in total. The van der Waals surface area contributed by atoms with Gasteiger partial charge < -0.3 is 19.7 Å². The highest BCUT2D eigenvalue weighted by molar-refractivity contribution is 8.14. The van der Waals surface area contributed by atoms with Crippen molar-refractivity contribution in [3.63, 3.8) is 0 Å². The van der Waals surface area contributed by atoms with Gasteiger partial charge in [-0.2, -0.15) is 0 Å². The number of methoxy groups -OCH3 is 1. The number of aliphatic carboxylic acids is 1. The maximum Gasteiger partial charge on any atom is 0.332 e. The SMILES string of the molecule is COCCOc1ccc(C2=NC(C)(C(=O)O)CS2)c(O)c1. The number of nitrogens with zero attached hydrogens (tertiary/aromatic N) is 1. The Bertz CT molecular complexity index is 574. The lowest BCUT2D eigenvalue weighted by molar-refractivity contribution is -0.141. The summed E-state index contributed by atoms with van der Waals surface area (Å²) >= 11 is 1.32. The molecule has 1 aliphatic rings. The molecule has 0 saturated carbocycles. The molecule has 0 aliphatic carbocycles. The molecule has 0 bridgehead atoms. The van der Waals surface area contributed by atoms with E-state index in [1.165, 1.54) is 17.8 Å². The molecule has 1 aromatic rings. The average molecular weight is 311 g/mol. The molecule has 0 fully saturated rings. The fraction of sp³-hybridized carbons (Fsp3) is 0.429. The summed E-state index contributed by atoms with van der Waals surface area (Å²) in [4.78, 5) is 15.4. The first kappa shape index (κ1) is 15.7. The van der Waals surface area contributed by atoms with Gasteiger partial charge in [0.15, 0.2) is 5.54 Å². The highest BCUT2D eigenvalue weighted by Gasteiger charge is 2.38. The van der Waals surface area contributed by atoms with E-state index in [1.54, 1.807) is 26.2 Å². The van der Waals surface area contributed by atoms with Crippen LogP contribution in [0.1, 0.15) is 12.5 Å². The van der Waals surface area contributed by atoms with E-state index in [1.807, 2.05) is 0 Å². The maximum atomic E-state index is 11.2. The second-order valence-corrected chi connectivity index (χ2v) is 5.77. The Labute approximate surface area is 126 Å². The van der Waals surface area contributed by atoms with Crippen LogP contribution in [0.4, 0.5) is 0 Å². The summed E-state index contributed by atoms with van der Waals surface area (Å²) in [7, 11) is 1.58. The smallest absolute Gasteiger partial charge is 0.332 e. The van der Waals surface area contributed by atoms with E-state index >= 15 is 0 Å². The monoisotopic (exact) mass is 311 g/mol. The van der Waals surface area contributed by atoms with E-state index in [2.05, 4.69) is 4.99 Å². The van der Waals surface area contributed by atoms with Gasteiger partial charge >= 0.3 is 5.97 Å². The van der Waals surface area contributed by atoms with Crippen molar-refractivity contribution < 1.29 is 24.5 Å². The summed E-state index contributed by atoms with van der Waals surface area (Å²) in [5.74, 6) is -0.0730. The fourth-order valence-electron chi connectivity index (χ4n) is 1.77. The number of thioether (sulfide) groups is 1. The minimum Gasteiger partial charge on any atom is -0.507 e. The Morgan fingerprint density at radius 1 is 1.48 bits per heavy atom. The highest BCUT2D eigenvalue weighted by Crippen LogP contribution is 2.35. The lowest BCUT2D eigenvalue weighted by Crippen LogP contribution is -2.33. The van der Waals surface area contributed by atoms with Crippen molar-refractivity contribution >= 4 is 22.8 Å². The summed E-state index contributed by atoms with van der Waals surface area (Å²) in [5.41, 5.74) is -0.621. The van der Waals surface area contributed by atoms with E-state index in [4.69, 9.17) is 14.6 Å². The van der Waals surface area contributed by atoms with E-state index in [0.717, 1.165) is 0 Å². The van der Waals surface area contributed by atoms with Gasteiger partial charge in [0.2, 0.25) is 0 Å². The maximum absolute atomic E-state index is 11.2. The van der Waals surface area contributed by atoms with Gasteiger partial charge in [0.05, 0.1) is 6.61 Å². The van der Waals surface area contributed by atoms with Gasteiger partial charge in [-0.1, -0.05) is 0 Å². The van der Waals surface area contributed by atoms with Crippen molar-refractivity contribution in [2.45, 2.75) is 12.5 Å². The van der Waals surface area contributed by atoms with E-state index in [-0.39, 0.29) is 5.75 Å². The molecule has 114 valence electrons. The molecule has 1 atom stereocenters. The molecule has 0 saturated heterocycles. The molecule has 0 amide bonds. The summed E-state index contributed by atoms with van der Waals surface area (Å²) in [6.45, 7) is 2.42. The van der Waals surface area contributed by atoms with Crippen molar-refractivity contribution in [2.75, 3.05) is 26.1 Å². The number of carboxylic acid groups (broad SMARTS) is 1. The number of hydrogen-bond acceptors (Lipinski definition) is 6. The van der Waals surface area contributed by atoms with Crippen LogP contribution in [0.2, 0.25) is 0 Å². The van der Waals surface area contributed by atoms with Gasteiger partial charge in [-0.15, -0.1) is 11.8 Å². The third-order valence-corrected chi connectivity index (χ3v) is 4.35. The number of phenols is 1. The van der Waals surface area contributed by atoms with Gasteiger partial charge in [0, 0.05) is 24.5 Å². The minimum absolute atomic E-state index is 0.0193. The average Bonchev–Trinajstić information content (AvgIpc) is 2.83. The first-order valence-electron chi connectivity index (χ1n) is 6.37. The number of hydrogen-bond donors (Lipinski definition) is 2. The molecule has 1 unspecified atom stereocenters. The van der Waals surface area contributed by atoms with Gasteiger partial charge in [-0.05, 0) is 19.1 Å². The topological polar surface area (TPSA) is 88.4 Å². The minimum atomic E-state index is -1.14. The Hall–Kier alpha value is -1.73. The van der Waals surface area contributed by atoms with Crippen molar-refractivity contribution in [1.29, 1.82) is 0 Å². The molecule has 1 aliphatic heterocycles. The molecular formula is C14H17NO5S. The molecule has 1 heterocycles. The number of carbonyl (C=O) groups is 1. The molecule has 21 heavy (non-hydrogen) atoms. The first-order chi connectivity index (χ1) is 9.96. The van der Waals surface area contributed by atoms with Crippen LogP contribution in [-0.4, -0.2) is 52.8 Å². The number of phenolic OH excluding ortho intramolecular Hbond substituents is 1. The van der Waals surface area contributed by atoms with E-state index < -0.39 is 11.5 Å². The lowest BCUT2D eigenvalue weighted by atomic mass is 10.1. The Balaban J connectivity index is 2.17. The van der Waals surface area contributed by atoms with Crippen LogP contribution in [0.25, 0.3) is 0 Å². The van der Waals surface area contributed by atoms with Crippen LogP contribution in [0.15, 0.2) is 23.2 Å². The quantitative estimate of drug-likeness (QED) is 0.778. The predicted molar refractivity (Wildman–Crippen MR) is 80.5 cm³/mol. The van der Waals surface area contributed by atoms with Crippen molar-refractivity contribution in [1.82, 2.24) is 0 Å². The van der Waals surface area contributed by atoms with Gasteiger partial charge in [0.25, 0.3) is 0 Å². The standard InChI is InChI=1S/C14H17NO5S/c1-14(13(17)18)8-21-12(15-14)10-4-3-9(7-11(10)16)20-6-5-19-2/h3-4,7,16H,5-6,8H2,1-2H3,(H,17,18). The largest absolute Gasteiger partial charge is 0.507 e. The molecule has 7 heteroatoms. The van der Waals surface area contributed by atoms with Crippen LogP contribution < -0.4 is 4.74 Å². The summed E-state index contributed by atoms with van der Waals surface area (Å²) in [6.07, 6.45) is 0. The number of carboxylic acids is 1. The lowest BCUT2D eigenvalue weighted by Gasteiger charge is -2.11. The van der Waals surface area contributed by atoms with Crippen LogP contribution >= 0.6 is 11.8 Å². The van der Waals surface area contributed by atoms with Crippen LogP contribution in [0.3, 0.4) is 0 Å².